The Hall–Kier alpha value is -2.66. The predicted molar refractivity (Wildman–Crippen MR) is 97.6 cm³/mol. The lowest BCUT2D eigenvalue weighted by atomic mass is 9.69. The molecule has 5 nitrogen and oxygen atoms in total. The summed E-state index contributed by atoms with van der Waals surface area (Å²) >= 11 is 0. The molecule has 5 heteroatoms. The molecular formula is C21H23NO4. The van der Waals surface area contributed by atoms with Gasteiger partial charge in [0.25, 0.3) is 0 Å². The van der Waals surface area contributed by atoms with Crippen LogP contribution in [0.4, 0.5) is 0 Å². The average molecular weight is 353 g/mol. The molecule has 3 atom stereocenters. The minimum atomic E-state index is -1.23. The summed E-state index contributed by atoms with van der Waals surface area (Å²) in [6.45, 7) is 0. The lowest BCUT2D eigenvalue weighted by Gasteiger charge is -2.42. The van der Waals surface area contributed by atoms with Gasteiger partial charge in [-0.2, -0.15) is 0 Å². The van der Waals surface area contributed by atoms with Crippen LogP contribution in [0.15, 0.2) is 60.7 Å². The second kappa shape index (κ2) is 7.70. The van der Waals surface area contributed by atoms with Gasteiger partial charge in [0.1, 0.15) is 11.6 Å². The summed E-state index contributed by atoms with van der Waals surface area (Å²) in [5, 5.41) is 0. The molecule has 26 heavy (non-hydrogen) atoms. The van der Waals surface area contributed by atoms with Crippen molar-refractivity contribution in [1.82, 2.24) is 0 Å². The molecule has 1 aliphatic rings. The third-order valence-corrected chi connectivity index (χ3v) is 5.02. The Bertz CT molecular complexity index is 762. The van der Waals surface area contributed by atoms with Crippen molar-refractivity contribution in [3.05, 3.63) is 71.8 Å². The molecule has 3 rings (SSSR count). The SMILES string of the molecule is COC(=O)[C@@]1(N)C[C@H](OC(=O)c2ccccc2)CC[C@@H]1c1ccccc1. The van der Waals surface area contributed by atoms with Crippen molar-refractivity contribution >= 4 is 11.9 Å². The van der Waals surface area contributed by atoms with Crippen molar-refractivity contribution in [3.63, 3.8) is 0 Å². The van der Waals surface area contributed by atoms with E-state index in [0.717, 1.165) is 5.56 Å². The fourth-order valence-corrected chi connectivity index (χ4v) is 3.69. The highest BCUT2D eigenvalue weighted by molar-refractivity contribution is 5.89. The van der Waals surface area contributed by atoms with Crippen molar-refractivity contribution < 1.29 is 19.1 Å². The van der Waals surface area contributed by atoms with Crippen LogP contribution in [0.5, 0.6) is 0 Å². The highest BCUT2D eigenvalue weighted by Crippen LogP contribution is 2.41. The first kappa shape index (κ1) is 18.1. The first-order valence-corrected chi connectivity index (χ1v) is 8.73. The molecule has 0 amide bonds. The van der Waals surface area contributed by atoms with Gasteiger partial charge in [-0.15, -0.1) is 0 Å². The molecule has 1 fully saturated rings. The van der Waals surface area contributed by atoms with E-state index in [0.29, 0.717) is 18.4 Å². The molecule has 0 saturated heterocycles. The lowest BCUT2D eigenvalue weighted by molar-refractivity contribution is -0.151. The number of hydrogen-bond acceptors (Lipinski definition) is 5. The molecule has 0 unspecified atom stereocenters. The molecule has 0 spiro atoms. The maximum Gasteiger partial charge on any atom is 0.338 e. The van der Waals surface area contributed by atoms with E-state index in [9.17, 15) is 9.59 Å². The normalized spacial score (nSPS) is 25.3. The quantitative estimate of drug-likeness (QED) is 0.855. The van der Waals surface area contributed by atoms with Gasteiger partial charge in [0.15, 0.2) is 0 Å². The van der Waals surface area contributed by atoms with Gasteiger partial charge in [-0.25, -0.2) is 4.79 Å². The van der Waals surface area contributed by atoms with Gasteiger partial charge in [-0.05, 0) is 30.5 Å². The molecule has 2 aromatic carbocycles. The molecule has 1 saturated carbocycles. The summed E-state index contributed by atoms with van der Waals surface area (Å²) < 4.78 is 10.6. The third-order valence-electron chi connectivity index (χ3n) is 5.02. The minimum Gasteiger partial charge on any atom is -0.468 e. The van der Waals surface area contributed by atoms with Crippen molar-refractivity contribution in [3.8, 4) is 0 Å². The molecule has 136 valence electrons. The Morgan fingerprint density at radius 2 is 1.62 bits per heavy atom. The van der Waals surface area contributed by atoms with E-state index in [-0.39, 0.29) is 12.3 Å². The maximum absolute atomic E-state index is 12.5. The minimum absolute atomic E-state index is 0.178. The second-order valence-electron chi connectivity index (χ2n) is 6.67. The van der Waals surface area contributed by atoms with Crippen LogP contribution in [0.1, 0.15) is 41.1 Å². The van der Waals surface area contributed by atoms with Crippen LogP contribution in [0.3, 0.4) is 0 Å². The predicted octanol–water partition coefficient (Wildman–Crippen LogP) is 3.05. The maximum atomic E-state index is 12.5. The number of nitrogens with two attached hydrogens (primary N) is 1. The molecule has 0 bridgehead atoms. The van der Waals surface area contributed by atoms with Crippen molar-refractivity contribution in [2.24, 2.45) is 5.73 Å². The van der Waals surface area contributed by atoms with Crippen LogP contribution in [0.25, 0.3) is 0 Å². The van der Waals surface area contributed by atoms with Crippen LogP contribution in [-0.4, -0.2) is 30.7 Å². The summed E-state index contributed by atoms with van der Waals surface area (Å²) in [5.74, 6) is -1.06. The Morgan fingerprint density at radius 1 is 1.00 bits per heavy atom. The van der Waals surface area contributed by atoms with Gasteiger partial charge in [0.2, 0.25) is 0 Å². The molecule has 0 heterocycles. The van der Waals surface area contributed by atoms with E-state index in [2.05, 4.69) is 0 Å². The van der Waals surface area contributed by atoms with Gasteiger partial charge in [-0.3, -0.25) is 4.79 Å². The molecular weight excluding hydrogens is 330 g/mol. The fourth-order valence-electron chi connectivity index (χ4n) is 3.69. The molecule has 2 aromatic rings. The average Bonchev–Trinajstić information content (AvgIpc) is 2.68. The Labute approximate surface area is 153 Å². The number of esters is 2. The van der Waals surface area contributed by atoms with E-state index >= 15 is 0 Å². The lowest BCUT2D eigenvalue weighted by Crippen LogP contribution is -2.58. The summed E-state index contributed by atoms with van der Waals surface area (Å²) in [6.07, 6.45) is 1.10. The second-order valence-corrected chi connectivity index (χ2v) is 6.67. The van der Waals surface area contributed by atoms with E-state index in [1.807, 2.05) is 36.4 Å². The van der Waals surface area contributed by atoms with Crippen molar-refractivity contribution in [1.29, 1.82) is 0 Å². The standard InChI is InChI=1S/C21H23NO4/c1-25-20(24)21(22)14-17(26-19(23)16-10-6-3-7-11-16)12-13-18(21)15-8-4-2-5-9-15/h2-11,17-18H,12-14,22H2,1H3/t17-,18-,21-/m1/s1. The van der Waals surface area contributed by atoms with Gasteiger partial charge in [0.05, 0.1) is 12.7 Å². The van der Waals surface area contributed by atoms with Crippen LogP contribution in [0.2, 0.25) is 0 Å². The Balaban J connectivity index is 1.79. The number of hydrogen-bond donors (Lipinski definition) is 1. The van der Waals surface area contributed by atoms with Crippen LogP contribution in [0, 0.1) is 0 Å². The topological polar surface area (TPSA) is 78.6 Å². The summed E-state index contributed by atoms with van der Waals surface area (Å²) in [5.41, 5.74) is 6.78. The Morgan fingerprint density at radius 3 is 2.23 bits per heavy atom. The zero-order valence-corrected chi connectivity index (χ0v) is 14.8. The first-order valence-electron chi connectivity index (χ1n) is 8.73. The van der Waals surface area contributed by atoms with Gasteiger partial charge >= 0.3 is 11.9 Å². The van der Waals surface area contributed by atoms with Crippen LogP contribution >= 0.6 is 0 Å². The third kappa shape index (κ3) is 3.63. The van der Waals surface area contributed by atoms with Gasteiger partial charge in [-0.1, -0.05) is 48.5 Å². The number of rotatable bonds is 4. The van der Waals surface area contributed by atoms with Gasteiger partial charge in [0, 0.05) is 12.3 Å². The van der Waals surface area contributed by atoms with Crippen molar-refractivity contribution in [2.75, 3.05) is 7.11 Å². The molecule has 2 N–H and O–H groups in total. The van der Waals surface area contributed by atoms with Crippen molar-refractivity contribution in [2.45, 2.75) is 36.8 Å². The first-order chi connectivity index (χ1) is 12.5. The monoisotopic (exact) mass is 353 g/mol. The molecule has 0 radical (unpaired) electrons. The molecule has 0 aromatic heterocycles. The summed E-state index contributed by atoms with van der Waals surface area (Å²) in [6, 6.07) is 18.5. The fraction of sp³-hybridized carbons (Fsp3) is 0.333. The molecule has 1 aliphatic carbocycles. The smallest absolute Gasteiger partial charge is 0.338 e. The van der Waals surface area contributed by atoms with Crippen LogP contribution in [-0.2, 0) is 14.3 Å². The summed E-state index contributed by atoms with van der Waals surface area (Å²) in [4.78, 5) is 24.8. The van der Waals surface area contributed by atoms with E-state index in [4.69, 9.17) is 15.2 Å². The number of ether oxygens (including phenoxy) is 2. The number of benzene rings is 2. The van der Waals surface area contributed by atoms with Gasteiger partial charge < -0.3 is 15.2 Å². The largest absolute Gasteiger partial charge is 0.468 e. The molecule has 0 aliphatic heterocycles. The number of carbonyl (C=O) groups excluding carboxylic acids is 2. The zero-order valence-electron chi connectivity index (χ0n) is 14.8. The van der Waals surface area contributed by atoms with Crippen LogP contribution < -0.4 is 5.73 Å². The Kier molecular flexibility index (Phi) is 5.38. The zero-order chi connectivity index (χ0) is 18.6. The van der Waals surface area contributed by atoms with E-state index in [1.165, 1.54) is 7.11 Å². The number of methoxy groups -OCH3 is 1. The highest BCUT2D eigenvalue weighted by Gasteiger charge is 2.49. The number of carbonyl (C=O) groups is 2. The highest BCUT2D eigenvalue weighted by atomic mass is 16.5. The van der Waals surface area contributed by atoms with E-state index in [1.54, 1.807) is 24.3 Å². The summed E-state index contributed by atoms with van der Waals surface area (Å²) in [7, 11) is 1.33. The van der Waals surface area contributed by atoms with E-state index < -0.39 is 23.6 Å².